The van der Waals surface area contributed by atoms with Gasteiger partial charge >= 0.3 is 0 Å². The second-order valence-electron chi connectivity index (χ2n) is 6.47. The molecule has 1 saturated heterocycles. The molecule has 27 heavy (non-hydrogen) atoms. The van der Waals surface area contributed by atoms with Gasteiger partial charge in [-0.1, -0.05) is 6.07 Å². The third kappa shape index (κ3) is 6.37. The largest absolute Gasteiger partial charge is 0.357 e. The number of carbonyl (C=O) groups is 1. The van der Waals surface area contributed by atoms with Gasteiger partial charge in [-0.15, -0.1) is 24.0 Å². The van der Waals surface area contributed by atoms with E-state index in [1.54, 1.807) is 0 Å². The van der Waals surface area contributed by atoms with Crippen molar-refractivity contribution in [1.82, 2.24) is 24.9 Å². The van der Waals surface area contributed by atoms with Crippen LogP contribution in [0.3, 0.4) is 0 Å². The number of hydrogen-bond donors (Lipinski definition) is 2. The summed E-state index contributed by atoms with van der Waals surface area (Å²) in [5.41, 5.74) is 2.03. The van der Waals surface area contributed by atoms with E-state index in [2.05, 4.69) is 33.7 Å². The number of carbonyl (C=O) groups excluding carboxylic acids is 1. The molecule has 0 unspecified atom stereocenters. The maximum Gasteiger partial charge on any atom is 0.222 e. The van der Waals surface area contributed by atoms with E-state index >= 15 is 0 Å². The molecule has 0 bridgehead atoms. The molecule has 2 N–H and O–H groups in total. The van der Waals surface area contributed by atoms with E-state index in [0.717, 1.165) is 62.7 Å². The van der Waals surface area contributed by atoms with E-state index in [0.29, 0.717) is 13.0 Å². The highest BCUT2D eigenvalue weighted by Gasteiger charge is 2.18. The molecule has 1 amide bonds. The topological polar surface area (TPSA) is 74.0 Å². The Balaban J connectivity index is 0.00000261. The van der Waals surface area contributed by atoms with Crippen molar-refractivity contribution in [3.63, 3.8) is 0 Å². The Bertz CT molecular complexity index is 726. The second kappa shape index (κ2) is 11.1. The monoisotopic (exact) mass is 484 g/mol. The number of fused-ring (bicyclic) bond motifs is 1. The van der Waals surface area contributed by atoms with E-state index in [9.17, 15) is 4.79 Å². The zero-order valence-electron chi connectivity index (χ0n) is 15.9. The van der Waals surface area contributed by atoms with Crippen LogP contribution in [0.25, 0.3) is 5.65 Å². The van der Waals surface area contributed by atoms with Crippen LogP contribution in [-0.4, -0.2) is 58.9 Å². The first kappa shape index (κ1) is 21.5. The fourth-order valence-electron chi connectivity index (χ4n) is 3.15. The molecular weight excluding hydrogens is 455 g/mol. The van der Waals surface area contributed by atoms with Gasteiger partial charge in [0.25, 0.3) is 0 Å². The van der Waals surface area contributed by atoms with Crippen LogP contribution >= 0.6 is 24.0 Å². The van der Waals surface area contributed by atoms with Crippen LogP contribution in [0.4, 0.5) is 0 Å². The number of halogens is 1. The molecule has 1 fully saturated rings. The second-order valence-corrected chi connectivity index (χ2v) is 6.47. The summed E-state index contributed by atoms with van der Waals surface area (Å²) in [5, 5.41) is 6.63. The number of aromatic nitrogens is 2. The van der Waals surface area contributed by atoms with Gasteiger partial charge in [-0.05, 0) is 31.9 Å². The van der Waals surface area contributed by atoms with E-state index < -0.39 is 0 Å². The summed E-state index contributed by atoms with van der Waals surface area (Å²) < 4.78 is 2.04. The molecule has 7 nitrogen and oxygen atoms in total. The number of likely N-dealkylation sites (tertiary alicyclic amines) is 1. The lowest BCUT2D eigenvalue weighted by Gasteiger charge is -2.15. The molecule has 8 heteroatoms. The van der Waals surface area contributed by atoms with Crippen LogP contribution in [0, 0.1) is 0 Å². The minimum Gasteiger partial charge on any atom is -0.357 e. The molecular formula is C19H29IN6O. The van der Waals surface area contributed by atoms with Crippen LogP contribution < -0.4 is 10.6 Å². The van der Waals surface area contributed by atoms with Gasteiger partial charge in [0, 0.05) is 58.0 Å². The number of hydrogen-bond acceptors (Lipinski definition) is 3. The molecule has 1 aliphatic rings. The molecule has 0 saturated carbocycles. The van der Waals surface area contributed by atoms with Crippen LogP contribution in [0.5, 0.6) is 0 Å². The highest BCUT2D eigenvalue weighted by molar-refractivity contribution is 14.0. The molecule has 0 radical (unpaired) electrons. The van der Waals surface area contributed by atoms with Crippen molar-refractivity contribution < 1.29 is 4.79 Å². The summed E-state index contributed by atoms with van der Waals surface area (Å²) in [7, 11) is 0. The number of imidazole rings is 1. The number of amides is 1. The van der Waals surface area contributed by atoms with Gasteiger partial charge in [-0.2, -0.15) is 0 Å². The third-order valence-corrected chi connectivity index (χ3v) is 4.46. The highest BCUT2D eigenvalue weighted by atomic mass is 127. The number of aliphatic imine (C=N–C) groups is 1. The Morgan fingerprint density at radius 2 is 2.22 bits per heavy atom. The molecule has 0 aliphatic carbocycles. The van der Waals surface area contributed by atoms with Crippen molar-refractivity contribution in [1.29, 1.82) is 0 Å². The number of nitrogens with one attached hydrogen (secondary N) is 2. The van der Waals surface area contributed by atoms with Gasteiger partial charge in [0.2, 0.25) is 5.91 Å². The van der Waals surface area contributed by atoms with Gasteiger partial charge in [0.05, 0.1) is 5.69 Å². The first-order valence-electron chi connectivity index (χ1n) is 9.49. The molecule has 2 aromatic rings. The Morgan fingerprint density at radius 3 is 2.96 bits per heavy atom. The summed E-state index contributed by atoms with van der Waals surface area (Å²) in [6.45, 7) is 6.09. The predicted octanol–water partition coefficient (Wildman–Crippen LogP) is 2.06. The minimum absolute atomic E-state index is 0. The first-order valence-corrected chi connectivity index (χ1v) is 9.49. The lowest BCUT2D eigenvalue weighted by atomic mass is 10.3. The number of rotatable bonds is 8. The zero-order chi connectivity index (χ0) is 18.2. The first-order chi connectivity index (χ1) is 12.8. The van der Waals surface area contributed by atoms with Crippen molar-refractivity contribution in [3.05, 3.63) is 36.3 Å². The van der Waals surface area contributed by atoms with Crippen LogP contribution in [0.1, 0.15) is 31.9 Å². The van der Waals surface area contributed by atoms with E-state index in [-0.39, 0.29) is 29.9 Å². The standard InChI is InChI=1S/C19H28N6O.HI/c1-2-20-19(21-10-6-14-24-13-5-8-18(24)26)22-11-9-16-15-25-12-4-3-7-17(25)23-16;/h3-4,7,12,15H,2,5-6,8-11,13-14H2,1H3,(H2,20,21,22);1H. The van der Waals surface area contributed by atoms with Gasteiger partial charge < -0.3 is 19.9 Å². The lowest BCUT2D eigenvalue weighted by molar-refractivity contribution is -0.127. The molecule has 3 rings (SSSR count). The average molecular weight is 484 g/mol. The Kier molecular flexibility index (Phi) is 8.83. The SMILES string of the molecule is CCNC(=NCCCN1CCCC1=O)NCCc1cn2ccccc2n1.I. The van der Waals surface area contributed by atoms with Gasteiger partial charge in [-0.3, -0.25) is 9.79 Å². The number of pyridine rings is 1. The molecule has 148 valence electrons. The molecule has 0 spiro atoms. The van der Waals surface area contributed by atoms with Crippen molar-refractivity contribution in [2.24, 2.45) is 4.99 Å². The van der Waals surface area contributed by atoms with Crippen molar-refractivity contribution in [2.75, 3.05) is 32.7 Å². The zero-order valence-corrected chi connectivity index (χ0v) is 18.2. The molecule has 0 aromatic carbocycles. The van der Waals surface area contributed by atoms with E-state index in [1.807, 2.05) is 33.7 Å². The summed E-state index contributed by atoms with van der Waals surface area (Å²) in [5.74, 6) is 1.11. The van der Waals surface area contributed by atoms with Crippen molar-refractivity contribution >= 4 is 41.5 Å². The maximum atomic E-state index is 11.6. The minimum atomic E-state index is 0. The summed E-state index contributed by atoms with van der Waals surface area (Å²) in [6.07, 6.45) is 7.51. The number of nitrogens with zero attached hydrogens (tertiary/aromatic N) is 4. The maximum absolute atomic E-state index is 11.6. The van der Waals surface area contributed by atoms with Crippen LogP contribution in [-0.2, 0) is 11.2 Å². The van der Waals surface area contributed by atoms with Crippen molar-refractivity contribution in [2.45, 2.75) is 32.6 Å². The quantitative estimate of drug-likeness (QED) is 0.261. The molecule has 2 aromatic heterocycles. The Labute approximate surface area is 177 Å². The molecule has 1 aliphatic heterocycles. The van der Waals surface area contributed by atoms with Crippen LogP contribution in [0.15, 0.2) is 35.6 Å². The molecule has 3 heterocycles. The van der Waals surface area contributed by atoms with Gasteiger partial charge in [0.15, 0.2) is 5.96 Å². The smallest absolute Gasteiger partial charge is 0.222 e. The normalized spacial score (nSPS) is 14.5. The van der Waals surface area contributed by atoms with Gasteiger partial charge in [-0.25, -0.2) is 4.98 Å². The summed E-state index contributed by atoms with van der Waals surface area (Å²) in [6, 6.07) is 6.01. The Morgan fingerprint density at radius 1 is 1.33 bits per heavy atom. The lowest BCUT2D eigenvalue weighted by Crippen LogP contribution is -2.38. The Hall–Kier alpha value is -1.84. The highest BCUT2D eigenvalue weighted by Crippen LogP contribution is 2.09. The average Bonchev–Trinajstić information content (AvgIpc) is 3.24. The third-order valence-electron chi connectivity index (χ3n) is 4.46. The number of guanidine groups is 1. The van der Waals surface area contributed by atoms with Crippen LogP contribution in [0.2, 0.25) is 0 Å². The van der Waals surface area contributed by atoms with Crippen molar-refractivity contribution in [3.8, 4) is 0 Å². The van der Waals surface area contributed by atoms with E-state index in [1.165, 1.54) is 0 Å². The van der Waals surface area contributed by atoms with Gasteiger partial charge in [0.1, 0.15) is 5.65 Å². The summed E-state index contributed by atoms with van der Waals surface area (Å²) in [4.78, 5) is 22.8. The fourth-order valence-corrected chi connectivity index (χ4v) is 3.15. The predicted molar refractivity (Wildman–Crippen MR) is 119 cm³/mol. The van der Waals surface area contributed by atoms with E-state index in [4.69, 9.17) is 0 Å². The molecule has 0 atom stereocenters. The summed E-state index contributed by atoms with van der Waals surface area (Å²) >= 11 is 0. The fraction of sp³-hybridized carbons (Fsp3) is 0.526.